The summed E-state index contributed by atoms with van der Waals surface area (Å²) in [5.74, 6) is 1.23. The molecule has 6 nitrogen and oxygen atoms in total. The fraction of sp³-hybridized carbons (Fsp3) is 0.619. The molecule has 3 aliphatic rings. The van der Waals surface area contributed by atoms with Crippen LogP contribution in [0.3, 0.4) is 0 Å². The summed E-state index contributed by atoms with van der Waals surface area (Å²) in [7, 11) is 1.65. The van der Waals surface area contributed by atoms with Crippen LogP contribution in [-0.2, 0) is 16.1 Å². The molecule has 1 spiro atoms. The largest absolute Gasteiger partial charge is 0.497 e. The third-order valence-corrected chi connectivity index (χ3v) is 6.54. The Labute approximate surface area is 160 Å². The number of hydrogen-bond acceptors (Lipinski definition) is 4. The molecule has 27 heavy (non-hydrogen) atoms. The van der Waals surface area contributed by atoms with Crippen molar-refractivity contribution < 1.29 is 19.4 Å². The molecule has 4 rings (SSSR count). The number of rotatable bonds is 4. The topological polar surface area (TPSA) is 70.1 Å². The van der Waals surface area contributed by atoms with E-state index in [-0.39, 0.29) is 29.3 Å². The first-order valence-electron chi connectivity index (χ1n) is 9.86. The van der Waals surface area contributed by atoms with Gasteiger partial charge in [-0.1, -0.05) is 12.1 Å². The van der Waals surface area contributed by atoms with Crippen molar-refractivity contribution in [2.45, 2.75) is 44.8 Å². The van der Waals surface area contributed by atoms with Gasteiger partial charge in [0.1, 0.15) is 5.75 Å². The van der Waals surface area contributed by atoms with Crippen molar-refractivity contribution in [1.82, 2.24) is 9.80 Å². The molecule has 6 heteroatoms. The molecular weight excluding hydrogens is 344 g/mol. The number of benzene rings is 1. The Kier molecular flexibility index (Phi) is 4.84. The predicted molar refractivity (Wildman–Crippen MR) is 100 cm³/mol. The summed E-state index contributed by atoms with van der Waals surface area (Å²) in [6.45, 7) is 2.87. The van der Waals surface area contributed by atoms with Gasteiger partial charge >= 0.3 is 0 Å². The van der Waals surface area contributed by atoms with E-state index in [0.29, 0.717) is 25.8 Å². The minimum atomic E-state index is -0.297. The van der Waals surface area contributed by atoms with E-state index < -0.39 is 0 Å². The summed E-state index contributed by atoms with van der Waals surface area (Å²) in [5, 5.41) is 9.42. The van der Waals surface area contributed by atoms with Gasteiger partial charge in [0.25, 0.3) is 0 Å². The Morgan fingerprint density at radius 2 is 1.89 bits per heavy atom. The van der Waals surface area contributed by atoms with E-state index in [1.54, 1.807) is 7.11 Å². The number of nitrogens with zero attached hydrogens (tertiary/aromatic N) is 2. The van der Waals surface area contributed by atoms with Crippen molar-refractivity contribution >= 4 is 11.8 Å². The molecular formula is C21H28N2O4. The molecule has 2 aliphatic heterocycles. The van der Waals surface area contributed by atoms with Crippen LogP contribution in [-0.4, -0.2) is 59.6 Å². The van der Waals surface area contributed by atoms with E-state index in [4.69, 9.17) is 4.74 Å². The Morgan fingerprint density at radius 3 is 2.48 bits per heavy atom. The highest BCUT2D eigenvalue weighted by Gasteiger charge is 2.46. The van der Waals surface area contributed by atoms with Crippen LogP contribution in [0.2, 0.25) is 0 Å². The van der Waals surface area contributed by atoms with E-state index in [1.165, 1.54) is 0 Å². The lowest BCUT2D eigenvalue weighted by Crippen LogP contribution is -2.49. The summed E-state index contributed by atoms with van der Waals surface area (Å²) in [5.41, 5.74) is 1.12. The van der Waals surface area contributed by atoms with Crippen LogP contribution < -0.4 is 4.74 Å². The number of aliphatic hydroxyl groups is 1. The van der Waals surface area contributed by atoms with Crippen LogP contribution in [0, 0.1) is 11.3 Å². The Hall–Kier alpha value is -2.08. The molecule has 146 valence electrons. The summed E-state index contributed by atoms with van der Waals surface area (Å²) < 4.78 is 5.19. The second-order valence-corrected chi connectivity index (χ2v) is 8.42. The van der Waals surface area contributed by atoms with E-state index >= 15 is 0 Å². The molecule has 1 saturated carbocycles. The van der Waals surface area contributed by atoms with Gasteiger partial charge < -0.3 is 19.6 Å². The molecule has 0 unspecified atom stereocenters. The molecule has 0 atom stereocenters. The second-order valence-electron chi connectivity index (χ2n) is 8.42. The average Bonchev–Trinajstić information content (AvgIpc) is 2.94. The molecule has 1 aliphatic carbocycles. The van der Waals surface area contributed by atoms with Crippen molar-refractivity contribution in [1.29, 1.82) is 0 Å². The zero-order chi connectivity index (χ0) is 19.0. The van der Waals surface area contributed by atoms with Gasteiger partial charge in [-0.2, -0.15) is 0 Å². The lowest BCUT2D eigenvalue weighted by molar-refractivity contribution is -0.144. The van der Waals surface area contributed by atoms with E-state index in [1.807, 2.05) is 34.1 Å². The van der Waals surface area contributed by atoms with Gasteiger partial charge in [0.2, 0.25) is 11.8 Å². The number of hydrogen-bond donors (Lipinski definition) is 1. The van der Waals surface area contributed by atoms with Gasteiger partial charge in [0, 0.05) is 43.9 Å². The van der Waals surface area contributed by atoms with Crippen LogP contribution in [0.4, 0.5) is 0 Å². The van der Waals surface area contributed by atoms with Crippen LogP contribution in [0.5, 0.6) is 5.75 Å². The first kappa shape index (κ1) is 18.3. The fourth-order valence-corrected chi connectivity index (χ4v) is 4.66. The zero-order valence-electron chi connectivity index (χ0n) is 15.9. The lowest BCUT2D eigenvalue weighted by Gasteiger charge is -2.42. The van der Waals surface area contributed by atoms with Gasteiger partial charge in [-0.25, -0.2) is 0 Å². The number of aliphatic hydroxyl groups excluding tert-OH is 1. The summed E-state index contributed by atoms with van der Waals surface area (Å²) >= 11 is 0. The maximum atomic E-state index is 12.6. The Bertz CT molecular complexity index is 703. The van der Waals surface area contributed by atoms with E-state index in [2.05, 4.69) is 0 Å². The predicted octanol–water partition coefficient (Wildman–Crippen LogP) is 1.81. The second kappa shape index (κ2) is 7.15. The fourth-order valence-electron chi connectivity index (χ4n) is 4.66. The van der Waals surface area contributed by atoms with Crippen molar-refractivity contribution in [2.75, 3.05) is 26.7 Å². The summed E-state index contributed by atoms with van der Waals surface area (Å²) in [6, 6.07) is 7.86. The molecule has 0 radical (unpaired) electrons. The van der Waals surface area contributed by atoms with Gasteiger partial charge in [0.15, 0.2) is 0 Å². The molecule has 1 aromatic carbocycles. The van der Waals surface area contributed by atoms with Crippen molar-refractivity contribution in [2.24, 2.45) is 11.3 Å². The smallest absolute Gasteiger partial charge is 0.225 e. The minimum absolute atomic E-state index is 0.00540. The zero-order valence-corrected chi connectivity index (χ0v) is 15.9. The molecule has 2 amide bonds. The number of ether oxygens (including phenoxy) is 1. The molecule has 2 heterocycles. The van der Waals surface area contributed by atoms with Gasteiger partial charge in [0.05, 0.1) is 13.2 Å². The lowest BCUT2D eigenvalue weighted by atomic mass is 9.76. The number of amides is 2. The minimum Gasteiger partial charge on any atom is -0.497 e. The number of piperidine rings is 1. The van der Waals surface area contributed by atoms with Crippen LogP contribution >= 0.6 is 0 Å². The first-order valence-corrected chi connectivity index (χ1v) is 9.86. The van der Waals surface area contributed by atoms with Crippen molar-refractivity contribution in [3.8, 4) is 5.75 Å². The maximum Gasteiger partial charge on any atom is 0.225 e. The van der Waals surface area contributed by atoms with Crippen molar-refractivity contribution in [3.05, 3.63) is 29.8 Å². The van der Waals surface area contributed by atoms with Gasteiger partial charge in [-0.15, -0.1) is 0 Å². The third-order valence-electron chi connectivity index (χ3n) is 6.54. The molecule has 1 aromatic rings. The molecule has 1 N–H and O–H groups in total. The van der Waals surface area contributed by atoms with Crippen LogP contribution in [0.1, 0.15) is 37.7 Å². The monoisotopic (exact) mass is 372 g/mol. The highest BCUT2D eigenvalue weighted by Crippen LogP contribution is 2.42. The molecule has 0 aromatic heterocycles. The van der Waals surface area contributed by atoms with Crippen LogP contribution in [0.25, 0.3) is 0 Å². The Balaban J connectivity index is 1.32. The van der Waals surface area contributed by atoms with Gasteiger partial charge in [-0.05, 0) is 43.4 Å². The summed E-state index contributed by atoms with van der Waals surface area (Å²) in [4.78, 5) is 29.0. The highest BCUT2D eigenvalue weighted by molar-refractivity contribution is 5.81. The quantitative estimate of drug-likeness (QED) is 0.875. The highest BCUT2D eigenvalue weighted by atomic mass is 16.5. The number of methoxy groups -OCH3 is 1. The third kappa shape index (κ3) is 3.68. The number of carbonyl (C=O) groups excluding carboxylic acids is 2. The normalized spacial score (nSPS) is 27.0. The SMILES string of the molecule is COc1ccc(CN2CC3(CCN(C(=O)C4CC(O)C4)CC3)CC2=O)cc1. The standard InChI is InChI=1S/C21H28N2O4/c1-27-18-4-2-15(3-5-18)13-23-14-21(12-19(23)25)6-8-22(9-7-21)20(26)16-10-17(24)11-16/h2-5,16-17,24H,6-14H2,1H3. The Morgan fingerprint density at radius 1 is 1.22 bits per heavy atom. The first-order chi connectivity index (χ1) is 13.0. The maximum absolute atomic E-state index is 12.6. The molecule has 3 fully saturated rings. The van der Waals surface area contributed by atoms with Crippen molar-refractivity contribution in [3.63, 3.8) is 0 Å². The molecule has 0 bridgehead atoms. The average molecular weight is 372 g/mol. The number of likely N-dealkylation sites (tertiary alicyclic amines) is 2. The van der Waals surface area contributed by atoms with E-state index in [0.717, 1.165) is 43.8 Å². The number of carbonyl (C=O) groups is 2. The van der Waals surface area contributed by atoms with Gasteiger partial charge in [-0.3, -0.25) is 9.59 Å². The van der Waals surface area contributed by atoms with Crippen LogP contribution in [0.15, 0.2) is 24.3 Å². The molecule has 2 saturated heterocycles. The van der Waals surface area contributed by atoms with E-state index in [9.17, 15) is 14.7 Å². The summed E-state index contributed by atoms with van der Waals surface area (Å²) in [6.07, 6.45) is 3.28.